The Hall–Kier alpha value is -1.06. The van der Waals surface area contributed by atoms with Gasteiger partial charge in [-0.15, -0.1) is 0 Å². The molecule has 0 saturated carbocycles. The number of carbonyl (C=O) groups is 1. The molecule has 2 unspecified atom stereocenters. The van der Waals surface area contributed by atoms with Crippen molar-refractivity contribution in [3.63, 3.8) is 0 Å². The number of likely N-dealkylation sites (tertiary alicyclic amines) is 1. The predicted molar refractivity (Wildman–Crippen MR) is 83.1 cm³/mol. The highest BCUT2D eigenvalue weighted by atomic mass is 35.5. The number of benzene rings is 1. The molecule has 4 heteroatoms. The zero-order chi connectivity index (χ0) is 14.7. The lowest BCUT2D eigenvalue weighted by molar-refractivity contribution is 0.0558. The van der Waals surface area contributed by atoms with Crippen LogP contribution in [-0.2, 0) is 0 Å². The summed E-state index contributed by atoms with van der Waals surface area (Å²) in [7, 11) is 0. The largest absolute Gasteiger partial charge is 0.334 e. The maximum atomic E-state index is 12.7. The van der Waals surface area contributed by atoms with Gasteiger partial charge in [-0.2, -0.15) is 0 Å². The minimum atomic E-state index is 0.0785. The topological polar surface area (TPSA) is 46.3 Å². The van der Waals surface area contributed by atoms with Crippen molar-refractivity contribution in [3.8, 4) is 0 Å². The van der Waals surface area contributed by atoms with Gasteiger partial charge >= 0.3 is 0 Å². The summed E-state index contributed by atoms with van der Waals surface area (Å²) in [6.07, 6.45) is 3.26. The average molecular weight is 295 g/mol. The molecule has 1 aromatic carbocycles. The van der Waals surface area contributed by atoms with Crippen LogP contribution >= 0.6 is 11.6 Å². The van der Waals surface area contributed by atoms with Gasteiger partial charge in [0.25, 0.3) is 5.91 Å². The predicted octanol–water partition coefficient (Wildman–Crippen LogP) is 3.24. The Morgan fingerprint density at radius 1 is 1.50 bits per heavy atom. The van der Waals surface area contributed by atoms with Crippen LogP contribution in [0.5, 0.6) is 0 Å². The number of aryl methyl sites for hydroxylation is 1. The maximum Gasteiger partial charge on any atom is 0.254 e. The highest BCUT2D eigenvalue weighted by Crippen LogP contribution is 2.27. The highest BCUT2D eigenvalue weighted by Gasteiger charge is 2.30. The van der Waals surface area contributed by atoms with Gasteiger partial charge in [-0.1, -0.05) is 24.9 Å². The first-order valence-electron chi connectivity index (χ1n) is 7.34. The zero-order valence-corrected chi connectivity index (χ0v) is 13.0. The van der Waals surface area contributed by atoms with E-state index in [-0.39, 0.29) is 11.9 Å². The van der Waals surface area contributed by atoms with Crippen LogP contribution in [0.2, 0.25) is 5.02 Å². The number of hydrogen-bond donors (Lipinski definition) is 1. The monoisotopic (exact) mass is 294 g/mol. The second kappa shape index (κ2) is 6.59. The van der Waals surface area contributed by atoms with Crippen LogP contribution in [-0.4, -0.2) is 29.9 Å². The first-order valence-corrected chi connectivity index (χ1v) is 7.71. The number of nitrogens with two attached hydrogens (primary N) is 1. The lowest BCUT2D eigenvalue weighted by atomic mass is 9.88. The maximum absolute atomic E-state index is 12.7. The fraction of sp³-hybridized carbons (Fsp3) is 0.562. The second-order valence-corrected chi connectivity index (χ2v) is 6.06. The third-order valence-corrected chi connectivity index (χ3v) is 4.76. The van der Waals surface area contributed by atoms with Crippen molar-refractivity contribution in [3.05, 3.63) is 34.3 Å². The van der Waals surface area contributed by atoms with E-state index >= 15 is 0 Å². The smallest absolute Gasteiger partial charge is 0.254 e. The molecular weight excluding hydrogens is 272 g/mol. The van der Waals surface area contributed by atoms with Crippen LogP contribution in [0.3, 0.4) is 0 Å². The van der Waals surface area contributed by atoms with Gasteiger partial charge in [-0.25, -0.2) is 0 Å². The van der Waals surface area contributed by atoms with E-state index in [4.69, 9.17) is 17.3 Å². The summed E-state index contributed by atoms with van der Waals surface area (Å²) < 4.78 is 0. The Balaban J connectivity index is 2.17. The number of halogens is 1. The highest BCUT2D eigenvalue weighted by molar-refractivity contribution is 6.31. The van der Waals surface area contributed by atoms with Crippen molar-refractivity contribution < 1.29 is 4.79 Å². The van der Waals surface area contributed by atoms with Gasteiger partial charge < -0.3 is 10.6 Å². The zero-order valence-electron chi connectivity index (χ0n) is 12.2. The standard InChI is InChI=1S/C16H23ClN2O/c1-3-12-6-7-19(14(9-12)10-18)16(20)13-4-5-15(17)11(2)8-13/h4-5,8,12,14H,3,6-7,9-10,18H2,1-2H3. The third-order valence-electron chi connectivity index (χ3n) is 4.34. The molecule has 2 rings (SSSR count). The van der Waals surface area contributed by atoms with E-state index in [0.717, 1.165) is 24.9 Å². The van der Waals surface area contributed by atoms with Crippen LogP contribution in [0.25, 0.3) is 0 Å². The quantitative estimate of drug-likeness (QED) is 0.930. The van der Waals surface area contributed by atoms with Crippen molar-refractivity contribution >= 4 is 17.5 Å². The van der Waals surface area contributed by atoms with Gasteiger partial charge in [0.05, 0.1) is 0 Å². The minimum absolute atomic E-state index is 0.0785. The van der Waals surface area contributed by atoms with Gasteiger partial charge in [0.1, 0.15) is 0 Å². The van der Waals surface area contributed by atoms with E-state index in [9.17, 15) is 4.79 Å². The number of hydrogen-bond acceptors (Lipinski definition) is 2. The molecule has 2 N–H and O–H groups in total. The fourth-order valence-electron chi connectivity index (χ4n) is 2.94. The van der Waals surface area contributed by atoms with Crippen molar-refractivity contribution in [2.45, 2.75) is 39.2 Å². The molecule has 1 aliphatic rings. The first kappa shape index (κ1) is 15.3. The van der Waals surface area contributed by atoms with Gasteiger partial charge in [-0.05, 0) is 49.4 Å². The van der Waals surface area contributed by atoms with Crippen molar-refractivity contribution in [2.24, 2.45) is 11.7 Å². The summed E-state index contributed by atoms with van der Waals surface area (Å²) in [6, 6.07) is 5.62. The molecule has 1 amide bonds. The molecule has 20 heavy (non-hydrogen) atoms. The van der Waals surface area contributed by atoms with Gasteiger partial charge in [-0.3, -0.25) is 4.79 Å². The molecule has 3 nitrogen and oxygen atoms in total. The van der Waals surface area contributed by atoms with Crippen molar-refractivity contribution in [1.82, 2.24) is 4.90 Å². The average Bonchev–Trinajstić information content (AvgIpc) is 2.48. The third kappa shape index (κ3) is 3.15. The number of amides is 1. The molecule has 0 aromatic heterocycles. The van der Waals surface area contributed by atoms with E-state index in [1.807, 2.05) is 17.9 Å². The number of nitrogens with zero attached hydrogens (tertiary/aromatic N) is 1. The van der Waals surface area contributed by atoms with Crippen molar-refractivity contribution in [1.29, 1.82) is 0 Å². The summed E-state index contributed by atoms with van der Waals surface area (Å²) >= 11 is 6.02. The Morgan fingerprint density at radius 2 is 2.25 bits per heavy atom. The normalized spacial score (nSPS) is 22.9. The lowest BCUT2D eigenvalue weighted by Gasteiger charge is -2.39. The molecule has 2 atom stereocenters. The van der Waals surface area contributed by atoms with Crippen LogP contribution in [0, 0.1) is 12.8 Å². The van der Waals surface area contributed by atoms with Crippen LogP contribution in [0.4, 0.5) is 0 Å². The molecule has 1 saturated heterocycles. The van der Waals surface area contributed by atoms with E-state index < -0.39 is 0 Å². The van der Waals surface area contributed by atoms with E-state index in [2.05, 4.69) is 6.92 Å². The Kier molecular flexibility index (Phi) is 5.06. The summed E-state index contributed by atoms with van der Waals surface area (Å²) in [5, 5.41) is 0.696. The fourth-order valence-corrected chi connectivity index (χ4v) is 3.06. The number of carbonyl (C=O) groups excluding carboxylic acids is 1. The molecule has 1 aliphatic heterocycles. The van der Waals surface area contributed by atoms with Gasteiger partial charge in [0.2, 0.25) is 0 Å². The van der Waals surface area contributed by atoms with Crippen LogP contribution in [0.1, 0.15) is 42.1 Å². The molecule has 1 heterocycles. The lowest BCUT2D eigenvalue weighted by Crippen LogP contribution is -2.49. The second-order valence-electron chi connectivity index (χ2n) is 5.65. The molecule has 1 fully saturated rings. The van der Waals surface area contributed by atoms with Gasteiger partial charge in [0.15, 0.2) is 0 Å². The molecular formula is C16H23ClN2O. The molecule has 0 aliphatic carbocycles. The minimum Gasteiger partial charge on any atom is -0.334 e. The molecule has 0 spiro atoms. The van der Waals surface area contributed by atoms with Gasteiger partial charge in [0, 0.05) is 29.7 Å². The molecule has 0 radical (unpaired) electrons. The molecule has 110 valence electrons. The van der Waals surface area contributed by atoms with Crippen molar-refractivity contribution in [2.75, 3.05) is 13.1 Å². The molecule has 0 bridgehead atoms. The van der Waals surface area contributed by atoms with E-state index in [0.29, 0.717) is 23.0 Å². The Bertz CT molecular complexity index is 489. The summed E-state index contributed by atoms with van der Waals surface area (Å²) in [5.74, 6) is 0.773. The first-order chi connectivity index (χ1) is 9.56. The molecule has 1 aromatic rings. The summed E-state index contributed by atoms with van der Waals surface area (Å²) in [6.45, 7) is 5.47. The van der Waals surface area contributed by atoms with Crippen LogP contribution in [0.15, 0.2) is 18.2 Å². The number of rotatable bonds is 3. The SMILES string of the molecule is CCC1CCN(C(=O)c2ccc(Cl)c(C)c2)C(CN)C1. The summed E-state index contributed by atoms with van der Waals surface area (Å²) in [4.78, 5) is 14.6. The summed E-state index contributed by atoms with van der Waals surface area (Å²) in [5.41, 5.74) is 7.51. The number of piperidine rings is 1. The van der Waals surface area contributed by atoms with Crippen LogP contribution < -0.4 is 5.73 Å². The van der Waals surface area contributed by atoms with E-state index in [1.165, 1.54) is 6.42 Å². The van der Waals surface area contributed by atoms with E-state index in [1.54, 1.807) is 12.1 Å². The Morgan fingerprint density at radius 3 is 2.85 bits per heavy atom. The Labute approximate surface area is 126 Å².